The standard InChI is InChI=1S/C9H8BrFO2/c10-5-1-2-6(11)9-8(5)7(12)3-4-13-9/h1-2,7,12H,3-4H2/t7-/m0/s1. The van der Waals surface area contributed by atoms with Gasteiger partial charge in [-0.1, -0.05) is 15.9 Å². The molecule has 0 aromatic heterocycles. The van der Waals surface area contributed by atoms with E-state index < -0.39 is 11.9 Å². The molecule has 0 spiro atoms. The molecule has 0 amide bonds. The lowest BCUT2D eigenvalue weighted by atomic mass is 10.0. The van der Waals surface area contributed by atoms with E-state index in [1.807, 2.05) is 0 Å². The van der Waals surface area contributed by atoms with E-state index in [9.17, 15) is 9.50 Å². The number of hydrogen-bond acceptors (Lipinski definition) is 2. The molecule has 0 unspecified atom stereocenters. The lowest BCUT2D eigenvalue weighted by Gasteiger charge is -2.23. The van der Waals surface area contributed by atoms with Gasteiger partial charge in [0.15, 0.2) is 11.6 Å². The SMILES string of the molecule is O[C@H]1CCOc2c(F)ccc(Br)c21. The normalized spacial score (nSPS) is 20.7. The first-order chi connectivity index (χ1) is 6.20. The van der Waals surface area contributed by atoms with Crippen LogP contribution in [0.2, 0.25) is 0 Å². The fourth-order valence-corrected chi connectivity index (χ4v) is 2.00. The first kappa shape index (κ1) is 8.97. The third-order valence-corrected chi connectivity index (χ3v) is 2.76. The highest BCUT2D eigenvalue weighted by molar-refractivity contribution is 9.10. The highest BCUT2D eigenvalue weighted by atomic mass is 79.9. The van der Waals surface area contributed by atoms with Gasteiger partial charge in [-0.2, -0.15) is 0 Å². The van der Waals surface area contributed by atoms with Gasteiger partial charge in [0.25, 0.3) is 0 Å². The predicted octanol–water partition coefficient (Wildman–Crippen LogP) is 2.40. The maximum Gasteiger partial charge on any atom is 0.165 e. The third-order valence-electron chi connectivity index (χ3n) is 2.07. The highest BCUT2D eigenvalue weighted by Crippen LogP contribution is 2.38. The van der Waals surface area contributed by atoms with Gasteiger partial charge in [0.2, 0.25) is 0 Å². The predicted molar refractivity (Wildman–Crippen MR) is 49.2 cm³/mol. The molecule has 13 heavy (non-hydrogen) atoms. The minimum absolute atomic E-state index is 0.174. The lowest BCUT2D eigenvalue weighted by Crippen LogP contribution is -2.15. The van der Waals surface area contributed by atoms with Gasteiger partial charge in [-0.3, -0.25) is 0 Å². The number of fused-ring (bicyclic) bond motifs is 1. The van der Waals surface area contributed by atoms with Gasteiger partial charge in [0, 0.05) is 16.5 Å². The second-order valence-electron chi connectivity index (χ2n) is 2.92. The second kappa shape index (κ2) is 3.27. The van der Waals surface area contributed by atoms with Crippen LogP contribution in [0.1, 0.15) is 18.1 Å². The van der Waals surface area contributed by atoms with E-state index in [1.54, 1.807) is 6.07 Å². The van der Waals surface area contributed by atoms with Crippen molar-refractivity contribution in [1.29, 1.82) is 0 Å². The first-order valence-corrected chi connectivity index (χ1v) is 4.78. The summed E-state index contributed by atoms with van der Waals surface area (Å²) < 4.78 is 19.0. The minimum Gasteiger partial charge on any atom is -0.490 e. The van der Waals surface area contributed by atoms with Crippen LogP contribution < -0.4 is 4.74 Å². The Morgan fingerprint density at radius 1 is 1.54 bits per heavy atom. The molecule has 0 fully saturated rings. The van der Waals surface area contributed by atoms with Gasteiger partial charge >= 0.3 is 0 Å². The average Bonchev–Trinajstić information content (AvgIpc) is 2.12. The van der Waals surface area contributed by atoms with Crippen LogP contribution in [0, 0.1) is 5.82 Å². The average molecular weight is 247 g/mol. The number of ether oxygens (including phenoxy) is 1. The molecule has 2 nitrogen and oxygen atoms in total. The lowest BCUT2D eigenvalue weighted by molar-refractivity contribution is 0.111. The number of halogens is 2. The van der Waals surface area contributed by atoms with Crippen molar-refractivity contribution in [2.75, 3.05) is 6.61 Å². The molecule has 1 heterocycles. The third kappa shape index (κ3) is 1.44. The molecule has 0 radical (unpaired) electrons. The molecule has 4 heteroatoms. The molecule has 2 rings (SSSR count). The van der Waals surface area contributed by atoms with E-state index in [4.69, 9.17) is 4.74 Å². The van der Waals surface area contributed by atoms with Gasteiger partial charge in [0.05, 0.1) is 12.7 Å². The van der Waals surface area contributed by atoms with E-state index in [-0.39, 0.29) is 5.75 Å². The van der Waals surface area contributed by atoms with Crippen LogP contribution in [0.15, 0.2) is 16.6 Å². The fourth-order valence-electron chi connectivity index (χ4n) is 1.42. The van der Waals surface area contributed by atoms with Crippen molar-refractivity contribution < 1.29 is 14.2 Å². The monoisotopic (exact) mass is 246 g/mol. The Bertz CT molecular complexity index is 341. The molecule has 1 aliphatic rings. The summed E-state index contributed by atoms with van der Waals surface area (Å²) in [6.45, 7) is 0.363. The molecule has 0 saturated heterocycles. The van der Waals surface area contributed by atoms with Crippen molar-refractivity contribution in [3.63, 3.8) is 0 Å². The van der Waals surface area contributed by atoms with Crippen LogP contribution >= 0.6 is 15.9 Å². The zero-order valence-electron chi connectivity index (χ0n) is 6.76. The molecule has 70 valence electrons. The van der Waals surface area contributed by atoms with Gasteiger partial charge < -0.3 is 9.84 Å². The van der Waals surface area contributed by atoms with Crippen molar-refractivity contribution in [3.8, 4) is 5.75 Å². The summed E-state index contributed by atoms with van der Waals surface area (Å²) in [6, 6.07) is 2.90. The molecule has 1 aromatic carbocycles. The van der Waals surface area contributed by atoms with E-state index in [0.717, 1.165) is 0 Å². The highest BCUT2D eigenvalue weighted by Gasteiger charge is 2.24. The Morgan fingerprint density at radius 2 is 2.31 bits per heavy atom. The number of benzene rings is 1. The second-order valence-corrected chi connectivity index (χ2v) is 3.78. The van der Waals surface area contributed by atoms with E-state index in [1.165, 1.54) is 6.07 Å². The summed E-state index contributed by atoms with van der Waals surface area (Å²) in [5, 5.41) is 9.59. The van der Waals surface area contributed by atoms with Crippen molar-refractivity contribution in [3.05, 3.63) is 28.0 Å². The van der Waals surface area contributed by atoms with Crippen LogP contribution in [-0.4, -0.2) is 11.7 Å². The van der Waals surface area contributed by atoms with Gasteiger partial charge in [-0.25, -0.2) is 4.39 Å². The van der Waals surface area contributed by atoms with Crippen molar-refractivity contribution in [2.24, 2.45) is 0 Å². The van der Waals surface area contributed by atoms with E-state index >= 15 is 0 Å². The summed E-state index contributed by atoms with van der Waals surface area (Å²) in [4.78, 5) is 0. The number of aliphatic hydroxyl groups excluding tert-OH is 1. The van der Waals surface area contributed by atoms with Crippen LogP contribution in [-0.2, 0) is 0 Å². The Kier molecular flexibility index (Phi) is 2.26. The Balaban J connectivity index is 2.60. The van der Waals surface area contributed by atoms with Crippen LogP contribution in [0.5, 0.6) is 5.75 Å². The van der Waals surface area contributed by atoms with Gasteiger partial charge in [0.1, 0.15) is 0 Å². The first-order valence-electron chi connectivity index (χ1n) is 3.99. The van der Waals surface area contributed by atoms with Gasteiger partial charge in [-0.15, -0.1) is 0 Å². The van der Waals surface area contributed by atoms with Gasteiger partial charge in [-0.05, 0) is 12.1 Å². The Morgan fingerprint density at radius 3 is 3.00 bits per heavy atom. The smallest absolute Gasteiger partial charge is 0.165 e. The molecule has 1 aliphatic heterocycles. The van der Waals surface area contributed by atoms with E-state index in [2.05, 4.69) is 15.9 Å². The zero-order valence-corrected chi connectivity index (χ0v) is 8.34. The molecular weight excluding hydrogens is 239 g/mol. The van der Waals surface area contributed by atoms with Crippen molar-refractivity contribution in [2.45, 2.75) is 12.5 Å². The summed E-state index contributed by atoms with van der Waals surface area (Å²) in [6.07, 6.45) is -0.122. The Labute approximate surface area is 83.5 Å². The minimum atomic E-state index is -0.631. The topological polar surface area (TPSA) is 29.5 Å². The van der Waals surface area contributed by atoms with Crippen molar-refractivity contribution in [1.82, 2.24) is 0 Å². The van der Waals surface area contributed by atoms with E-state index in [0.29, 0.717) is 23.1 Å². The van der Waals surface area contributed by atoms with Crippen LogP contribution in [0.4, 0.5) is 4.39 Å². The molecule has 0 bridgehead atoms. The zero-order chi connectivity index (χ0) is 9.42. The van der Waals surface area contributed by atoms with Crippen LogP contribution in [0.25, 0.3) is 0 Å². The quantitative estimate of drug-likeness (QED) is 0.762. The molecule has 1 aromatic rings. The summed E-state index contributed by atoms with van der Waals surface area (Å²) in [5.41, 5.74) is 0.520. The van der Waals surface area contributed by atoms with Crippen molar-refractivity contribution >= 4 is 15.9 Å². The molecule has 1 atom stereocenters. The maximum absolute atomic E-state index is 13.2. The molecule has 0 saturated carbocycles. The molecule has 1 N–H and O–H groups in total. The number of hydrogen-bond donors (Lipinski definition) is 1. The largest absolute Gasteiger partial charge is 0.490 e. The molecule has 0 aliphatic carbocycles. The summed E-state index contributed by atoms with van der Waals surface area (Å²) in [7, 11) is 0. The fraction of sp³-hybridized carbons (Fsp3) is 0.333. The Hall–Kier alpha value is -0.610. The number of aliphatic hydroxyl groups is 1. The maximum atomic E-state index is 13.2. The number of rotatable bonds is 0. The van der Waals surface area contributed by atoms with Crippen LogP contribution in [0.3, 0.4) is 0 Å². The summed E-state index contributed by atoms with van der Waals surface area (Å²) in [5.74, 6) is -0.245. The summed E-state index contributed by atoms with van der Waals surface area (Å²) >= 11 is 3.25. The molecular formula is C9H8BrFO2.